The van der Waals surface area contributed by atoms with Crippen molar-refractivity contribution in [2.45, 2.75) is 34.2 Å². The van der Waals surface area contributed by atoms with Gasteiger partial charge in [-0.15, -0.1) is 0 Å². The zero-order valence-corrected chi connectivity index (χ0v) is 18.9. The van der Waals surface area contributed by atoms with Crippen molar-refractivity contribution in [3.63, 3.8) is 0 Å². The zero-order valence-electron chi connectivity index (χ0n) is 18.9. The summed E-state index contributed by atoms with van der Waals surface area (Å²) in [5.74, 6) is 0. The topological polar surface area (TPSA) is 69.6 Å². The van der Waals surface area contributed by atoms with Crippen LogP contribution in [0, 0.1) is 13.8 Å². The minimum absolute atomic E-state index is 0.145. The molecule has 0 saturated carbocycles. The lowest BCUT2D eigenvalue weighted by atomic mass is 10.0. The second kappa shape index (κ2) is 10.3. The van der Waals surface area contributed by atoms with Crippen LogP contribution >= 0.6 is 0 Å². The molecule has 0 atom stereocenters. The molecule has 0 spiro atoms. The van der Waals surface area contributed by atoms with Gasteiger partial charge in [0.1, 0.15) is 0 Å². The van der Waals surface area contributed by atoms with Gasteiger partial charge in [-0.3, -0.25) is 4.79 Å². The Morgan fingerprint density at radius 3 is 2.45 bits per heavy atom. The number of benzene rings is 2. The van der Waals surface area contributed by atoms with Crippen molar-refractivity contribution in [1.82, 2.24) is 9.88 Å². The average molecular weight is 422 g/mol. The maximum absolute atomic E-state index is 13.1. The summed E-state index contributed by atoms with van der Waals surface area (Å²) in [6.07, 6.45) is 0. The molecule has 0 bridgehead atoms. The monoisotopic (exact) mass is 421 g/mol. The van der Waals surface area contributed by atoms with Crippen LogP contribution in [0.2, 0.25) is 0 Å². The molecule has 0 aliphatic rings. The van der Waals surface area contributed by atoms with Crippen molar-refractivity contribution in [3.05, 3.63) is 75.6 Å². The Balaban J connectivity index is 1.88. The largest absolute Gasteiger partial charge is 0.334 e. The number of rotatable bonds is 8. The average Bonchev–Trinajstić information content (AvgIpc) is 2.77. The van der Waals surface area contributed by atoms with Gasteiger partial charge in [-0.2, -0.15) is 0 Å². The standard InChI is InChI=1S/C25H32N4O2/c1-5-28(6-2)14-15-29(25(31)26-22-10-8-7-9-11-22)17-21-16-20-13-12-18(3)19(4)23(20)27-24(21)30/h7-13,16H,5-6,14-15,17H2,1-4H3,(H,26,31)(H,27,30)/p+1. The number of anilines is 1. The number of hydrogen-bond donors (Lipinski definition) is 3. The van der Waals surface area contributed by atoms with Crippen LogP contribution in [0.4, 0.5) is 10.5 Å². The van der Waals surface area contributed by atoms with Gasteiger partial charge in [0.25, 0.3) is 5.56 Å². The Kier molecular flexibility index (Phi) is 7.47. The number of amides is 2. The first-order valence-electron chi connectivity index (χ1n) is 11.0. The number of likely N-dealkylation sites (N-methyl/N-ethyl adjacent to an activating group) is 1. The lowest BCUT2D eigenvalue weighted by molar-refractivity contribution is -0.895. The number of quaternary nitrogens is 1. The molecule has 3 N–H and O–H groups in total. The molecule has 3 aromatic rings. The highest BCUT2D eigenvalue weighted by Crippen LogP contribution is 2.19. The van der Waals surface area contributed by atoms with E-state index in [9.17, 15) is 9.59 Å². The summed E-state index contributed by atoms with van der Waals surface area (Å²) in [7, 11) is 0. The van der Waals surface area contributed by atoms with Crippen molar-refractivity contribution in [1.29, 1.82) is 0 Å². The smallest absolute Gasteiger partial charge is 0.322 e. The molecule has 0 saturated heterocycles. The van der Waals surface area contributed by atoms with Crippen molar-refractivity contribution < 1.29 is 9.69 Å². The van der Waals surface area contributed by atoms with E-state index >= 15 is 0 Å². The number of carbonyl (C=O) groups excluding carboxylic acids is 1. The molecule has 0 radical (unpaired) electrons. The molecule has 1 heterocycles. The Bertz CT molecular complexity index is 1090. The molecule has 31 heavy (non-hydrogen) atoms. The van der Waals surface area contributed by atoms with Crippen LogP contribution in [-0.4, -0.2) is 42.1 Å². The number of nitrogens with zero attached hydrogens (tertiary/aromatic N) is 1. The number of aromatic nitrogens is 1. The maximum atomic E-state index is 13.1. The summed E-state index contributed by atoms with van der Waals surface area (Å²) < 4.78 is 0. The lowest BCUT2D eigenvalue weighted by Gasteiger charge is -2.25. The van der Waals surface area contributed by atoms with Crippen LogP contribution < -0.4 is 15.8 Å². The van der Waals surface area contributed by atoms with Gasteiger partial charge in [-0.1, -0.05) is 30.3 Å². The number of para-hydroxylation sites is 1. The molecule has 1 aromatic heterocycles. The number of carbonyl (C=O) groups is 1. The summed E-state index contributed by atoms with van der Waals surface area (Å²) in [5.41, 5.74) is 4.27. The highest BCUT2D eigenvalue weighted by atomic mass is 16.2. The normalized spacial score (nSPS) is 11.1. The van der Waals surface area contributed by atoms with Crippen molar-refractivity contribution in [2.24, 2.45) is 0 Å². The van der Waals surface area contributed by atoms with Gasteiger partial charge in [0, 0.05) is 11.3 Å². The molecular weight excluding hydrogens is 388 g/mol. The van der Waals surface area contributed by atoms with E-state index in [1.165, 1.54) is 4.90 Å². The summed E-state index contributed by atoms with van der Waals surface area (Å²) >= 11 is 0. The molecular formula is C25H33N4O2+. The van der Waals surface area contributed by atoms with E-state index in [1.54, 1.807) is 4.90 Å². The highest BCUT2D eigenvalue weighted by Gasteiger charge is 2.18. The van der Waals surface area contributed by atoms with E-state index in [2.05, 4.69) is 30.2 Å². The molecule has 0 unspecified atom stereocenters. The Labute approximate surface area is 183 Å². The van der Waals surface area contributed by atoms with Crippen molar-refractivity contribution in [3.8, 4) is 0 Å². The van der Waals surface area contributed by atoms with E-state index < -0.39 is 0 Å². The third kappa shape index (κ3) is 5.52. The second-order valence-corrected chi connectivity index (χ2v) is 8.02. The van der Waals surface area contributed by atoms with Gasteiger partial charge in [-0.25, -0.2) is 4.79 Å². The van der Waals surface area contributed by atoms with Crippen LogP contribution in [0.25, 0.3) is 10.9 Å². The number of H-pyrrole nitrogens is 1. The predicted octanol–water partition coefficient (Wildman–Crippen LogP) is 3.10. The van der Waals surface area contributed by atoms with Crippen molar-refractivity contribution >= 4 is 22.6 Å². The van der Waals surface area contributed by atoms with Gasteiger partial charge < -0.3 is 20.1 Å². The molecule has 164 valence electrons. The van der Waals surface area contributed by atoms with Gasteiger partial charge in [-0.05, 0) is 62.4 Å². The molecule has 2 amide bonds. The van der Waals surface area contributed by atoms with Gasteiger partial charge in [0.2, 0.25) is 0 Å². The predicted molar refractivity (Wildman–Crippen MR) is 127 cm³/mol. The number of fused-ring (bicyclic) bond motifs is 1. The van der Waals surface area contributed by atoms with E-state index in [1.807, 2.05) is 56.3 Å². The van der Waals surface area contributed by atoms with E-state index in [-0.39, 0.29) is 18.1 Å². The molecule has 2 aromatic carbocycles. The molecule has 0 aliphatic carbocycles. The van der Waals surface area contributed by atoms with Crippen LogP contribution in [0.5, 0.6) is 0 Å². The fourth-order valence-corrected chi connectivity index (χ4v) is 3.77. The van der Waals surface area contributed by atoms with E-state index in [0.717, 1.165) is 47.4 Å². The van der Waals surface area contributed by atoms with Crippen LogP contribution in [-0.2, 0) is 6.54 Å². The second-order valence-electron chi connectivity index (χ2n) is 8.02. The summed E-state index contributed by atoms with van der Waals surface area (Å²) in [4.78, 5) is 32.1. The highest BCUT2D eigenvalue weighted by molar-refractivity contribution is 5.89. The first-order chi connectivity index (χ1) is 14.9. The van der Waals surface area contributed by atoms with Crippen LogP contribution in [0.15, 0.2) is 53.3 Å². The first kappa shape index (κ1) is 22.6. The third-order valence-electron chi connectivity index (χ3n) is 6.04. The minimum atomic E-state index is -0.197. The number of aromatic amines is 1. The number of hydrogen-bond acceptors (Lipinski definition) is 2. The molecule has 0 fully saturated rings. The summed E-state index contributed by atoms with van der Waals surface area (Å²) in [6, 6.07) is 15.2. The SMILES string of the molecule is CC[NH+](CC)CCN(Cc1cc2ccc(C)c(C)c2[nH]c1=O)C(=O)Nc1ccccc1. The fraction of sp³-hybridized carbons (Fsp3) is 0.360. The first-order valence-corrected chi connectivity index (χ1v) is 11.0. The summed E-state index contributed by atoms with van der Waals surface area (Å²) in [5, 5.41) is 3.94. The number of urea groups is 1. The van der Waals surface area contributed by atoms with E-state index in [4.69, 9.17) is 0 Å². The Hall–Kier alpha value is -3.12. The van der Waals surface area contributed by atoms with Gasteiger partial charge in [0.05, 0.1) is 38.2 Å². The van der Waals surface area contributed by atoms with Crippen LogP contribution in [0.1, 0.15) is 30.5 Å². The zero-order chi connectivity index (χ0) is 22.4. The molecule has 6 nitrogen and oxygen atoms in total. The van der Waals surface area contributed by atoms with Gasteiger partial charge in [0.15, 0.2) is 0 Å². The number of aryl methyl sites for hydroxylation is 2. The molecule has 0 aliphatic heterocycles. The molecule has 3 rings (SSSR count). The number of pyridine rings is 1. The van der Waals surface area contributed by atoms with Crippen molar-refractivity contribution in [2.75, 3.05) is 31.5 Å². The summed E-state index contributed by atoms with van der Waals surface area (Å²) in [6.45, 7) is 12.0. The van der Waals surface area contributed by atoms with Crippen LogP contribution in [0.3, 0.4) is 0 Å². The lowest BCUT2D eigenvalue weighted by Crippen LogP contribution is -3.12. The Morgan fingerprint density at radius 2 is 1.77 bits per heavy atom. The third-order valence-corrected chi connectivity index (χ3v) is 6.04. The number of nitrogens with one attached hydrogen (secondary N) is 3. The fourth-order valence-electron chi connectivity index (χ4n) is 3.77. The molecule has 6 heteroatoms. The van der Waals surface area contributed by atoms with E-state index in [0.29, 0.717) is 12.1 Å². The quantitative estimate of drug-likeness (QED) is 0.523. The van der Waals surface area contributed by atoms with Gasteiger partial charge >= 0.3 is 6.03 Å². The maximum Gasteiger partial charge on any atom is 0.322 e. The minimum Gasteiger partial charge on any atom is -0.334 e. The Morgan fingerprint density at radius 1 is 1.06 bits per heavy atom.